The molecule has 0 unspecified atom stereocenters. The van der Waals surface area contributed by atoms with Crippen molar-refractivity contribution in [3.63, 3.8) is 0 Å². The Morgan fingerprint density at radius 1 is 1.07 bits per heavy atom. The van der Waals surface area contributed by atoms with E-state index in [1.807, 2.05) is 75.4 Å². The third-order valence-electron chi connectivity index (χ3n) is 5.09. The smallest absolute Gasteiger partial charge is 0.415 e. The lowest BCUT2D eigenvalue weighted by Gasteiger charge is -2.37. The highest BCUT2D eigenvalue weighted by atomic mass is 16.6. The molecule has 0 saturated heterocycles. The number of anilines is 1. The molecule has 0 heterocycles. The number of methoxy groups -OCH3 is 1. The zero-order valence-corrected chi connectivity index (χ0v) is 17.6. The Morgan fingerprint density at radius 3 is 2.24 bits per heavy atom. The monoisotopic (exact) mass is 395 g/mol. The van der Waals surface area contributed by atoms with E-state index in [0.29, 0.717) is 24.3 Å². The number of rotatable bonds is 5. The molecule has 154 valence electrons. The van der Waals surface area contributed by atoms with Gasteiger partial charge in [0.1, 0.15) is 17.1 Å². The van der Waals surface area contributed by atoms with Crippen LogP contribution in [0, 0.1) is 5.92 Å². The number of nitrogens with zero attached hydrogens (tertiary/aromatic N) is 1. The number of hydrogen-bond donors (Lipinski definition) is 0. The quantitative estimate of drug-likeness (QED) is 0.666. The average Bonchev–Trinajstić information content (AvgIpc) is 3.11. The van der Waals surface area contributed by atoms with Crippen molar-refractivity contribution in [3.05, 3.63) is 60.2 Å². The van der Waals surface area contributed by atoms with Gasteiger partial charge in [-0.25, -0.2) is 4.79 Å². The van der Waals surface area contributed by atoms with Crippen LogP contribution in [0.5, 0.6) is 5.75 Å². The normalized spacial score (nSPS) is 17.7. The number of hydrogen-bond acceptors (Lipinski definition) is 4. The van der Waals surface area contributed by atoms with Gasteiger partial charge in [0.25, 0.3) is 0 Å². The first-order valence-electron chi connectivity index (χ1n) is 10.0. The highest BCUT2D eigenvalue weighted by Gasteiger charge is 2.39. The standard InChI is InChI=1S/C24H29NO4/c1-24(2,3)29-23(27)25(19-11-14-21(28-4)15-12-19)22(17-8-6-5-7-9-17)18-10-13-20(26)16-18/h5-9,11-12,14-15,18,22H,10,13,16H2,1-4H3/t18-,22+/m0/s1. The maximum absolute atomic E-state index is 13.4. The van der Waals surface area contributed by atoms with Crippen molar-refractivity contribution in [1.82, 2.24) is 0 Å². The zero-order valence-electron chi connectivity index (χ0n) is 17.6. The molecule has 1 saturated carbocycles. The van der Waals surface area contributed by atoms with Crippen LogP contribution in [0.4, 0.5) is 10.5 Å². The van der Waals surface area contributed by atoms with E-state index in [-0.39, 0.29) is 17.7 Å². The summed E-state index contributed by atoms with van der Waals surface area (Å²) < 4.78 is 11.0. The minimum atomic E-state index is -0.630. The van der Waals surface area contributed by atoms with Gasteiger partial charge < -0.3 is 9.47 Å². The van der Waals surface area contributed by atoms with Gasteiger partial charge in [-0.05, 0) is 62.9 Å². The van der Waals surface area contributed by atoms with Crippen LogP contribution < -0.4 is 9.64 Å². The lowest BCUT2D eigenvalue weighted by molar-refractivity contribution is -0.117. The molecule has 2 aromatic carbocycles. The Hall–Kier alpha value is -2.82. The number of amides is 1. The van der Waals surface area contributed by atoms with Gasteiger partial charge in [0, 0.05) is 18.5 Å². The molecule has 0 bridgehead atoms. The summed E-state index contributed by atoms with van der Waals surface area (Å²) in [5.41, 5.74) is 1.08. The molecule has 3 rings (SSSR count). The van der Waals surface area contributed by atoms with E-state index < -0.39 is 11.7 Å². The van der Waals surface area contributed by atoms with Crippen molar-refractivity contribution in [2.75, 3.05) is 12.0 Å². The van der Waals surface area contributed by atoms with Gasteiger partial charge in [-0.2, -0.15) is 0 Å². The molecular formula is C24H29NO4. The molecule has 5 heteroatoms. The fourth-order valence-corrected chi connectivity index (χ4v) is 3.83. The van der Waals surface area contributed by atoms with Crippen molar-refractivity contribution in [2.24, 2.45) is 5.92 Å². The number of Topliss-reactive ketones (excluding diaryl/α,β-unsaturated/α-hetero) is 1. The van der Waals surface area contributed by atoms with Crippen LogP contribution in [0.2, 0.25) is 0 Å². The van der Waals surface area contributed by atoms with Gasteiger partial charge in [0.15, 0.2) is 0 Å². The predicted octanol–water partition coefficient (Wildman–Crippen LogP) is 5.55. The Balaban J connectivity index is 2.08. The van der Waals surface area contributed by atoms with E-state index >= 15 is 0 Å². The Kier molecular flexibility index (Phi) is 6.26. The minimum Gasteiger partial charge on any atom is -0.497 e. The SMILES string of the molecule is COc1ccc(N(C(=O)OC(C)(C)C)[C@H](c2ccccc2)[C@H]2CCC(=O)C2)cc1. The van der Waals surface area contributed by atoms with Gasteiger partial charge in [0.2, 0.25) is 0 Å². The van der Waals surface area contributed by atoms with E-state index in [1.54, 1.807) is 12.0 Å². The molecule has 0 spiro atoms. The average molecular weight is 395 g/mol. The van der Waals surface area contributed by atoms with Crippen LogP contribution >= 0.6 is 0 Å². The predicted molar refractivity (Wildman–Crippen MR) is 113 cm³/mol. The molecule has 2 aromatic rings. The number of ether oxygens (including phenoxy) is 2. The van der Waals surface area contributed by atoms with Gasteiger partial charge in [-0.15, -0.1) is 0 Å². The first kappa shape index (κ1) is 20.9. The van der Waals surface area contributed by atoms with Crippen LogP contribution in [0.1, 0.15) is 51.6 Å². The highest BCUT2D eigenvalue weighted by Crippen LogP contribution is 2.41. The fraction of sp³-hybridized carbons (Fsp3) is 0.417. The van der Waals surface area contributed by atoms with Crippen molar-refractivity contribution < 1.29 is 19.1 Å². The van der Waals surface area contributed by atoms with Crippen LogP contribution in [0.3, 0.4) is 0 Å². The van der Waals surface area contributed by atoms with Crippen molar-refractivity contribution in [2.45, 2.75) is 51.7 Å². The lowest BCUT2D eigenvalue weighted by atomic mass is 9.90. The minimum absolute atomic E-state index is 0.0412. The van der Waals surface area contributed by atoms with Gasteiger partial charge in [0.05, 0.1) is 13.2 Å². The van der Waals surface area contributed by atoms with Crippen LogP contribution in [0.15, 0.2) is 54.6 Å². The van der Waals surface area contributed by atoms with Gasteiger partial charge >= 0.3 is 6.09 Å². The van der Waals surface area contributed by atoms with Gasteiger partial charge in [-0.3, -0.25) is 9.69 Å². The second-order valence-electron chi connectivity index (χ2n) is 8.45. The largest absolute Gasteiger partial charge is 0.497 e. The van der Waals surface area contributed by atoms with Crippen molar-refractivity contribution in [3.8, 4) is 5.75 Å². The van der Waals surface area contributed by atoms with Crippen molar-refractivity contribution in [1.29, 1.82) is 0 Å². The summed E-state index contributed by atoms with van der Waals surface area (Å²) in [5, 5.41) is 0. The summed E-state index contributed by atoms with van der Waals surface area (Å²) in [7, 11) is 1.61. The molecule has 1 amide bonds. The lowest BCUT2D eigenvalue weighted by Crippen LogP contribution is -2.42. The molecule has 29 heavy (non-hydrogen) atoms. The molecular weight excluding hydrogens is 366 g/mol. The Bertz CT molecular complexity index is 839. The molecule has 1 aliphatic rings. The number of carbonyl (C=O) groups excluding carboxylic acids is 2. The van der Waals surface area contributed by atoms with E-state index in [1.165, 1.54) is 0 Å². The van der Waals surface area contributed by atoms with E-state index in [2.05, 4.69) is 0 Å². The van der Waals surface area contributed by atoms with Crippen LogP contribution in [0.25, 0.3) is 0 Å². The fourth-order valence-electron chi connectivity index (χ4n) is 3.83. The molecule has 0 N–H and O–H groups in total. The number of ketones is 1. The second-order valence-corrected chi connectivity index (χ2v) is 8.45. The summed E-state index contributed by atoms with van der Waals surface area (Å²) in [6.07, 6.45) is 1.36. The Morgan fingerprint density at radius 2 is 1.72 bits per heavy atom. The van der Waals surface area contributed by atoms with Crippen molar-refractivity contribution >= 4 is 17.6 Å². The molecule has 1 aliphatic carbocycles. The summed E-state index contributed by atoms with van der Waals surface area (Å²) in [6.45, 7) is 5.56. The number of benzene rings is 2. The van der Waals surface area contributed by atoms with E-state index in [9.17, 15) is 9.59 Å². The summed E-state index contributed by atoms with van der Waals surface area (Å²) in [4.78, 5) is 27.1. The van der Waals surface area contributed by atoms with E-state index in [0.717, 1.165) is 12.0 Å². The summed E-state index contributed by atoms with van der Waals surface area (Å²) in [5.74, 6) is 1.000. The molecule has 0 radical (unpaired) electrons. The summed E-state index contributed by atoms with van der Waals surface area (Å²) in [6, 6.07) is 17.0. The Labute approximate surface area is 172 Å². The third kappa shape index (κ3) is 5.17. The molecule has 0 aromatic heterocycles. The second kappa shape index (κ2) is 8.68. The van der Waals surface area contributed by atoms with Crippen LogP contribution in [-0.2, 0) is 9.53 Å². The van der Waals surface area contributed by atoms with E-state index in [4.69, 9.17) is 9.47 Å². The molecule has 5 nitrogen and oxygen atoms in total. The first-order chi connectivity index (χ1) is 13.8. The zero-order chi connectivity index (χ0) is 21.0. The maximum Gasteiger partial charge on any atom is 0.415 e. The van der Waals surface area contributed by atoms with Crippen LogP contribution in [-0.4, -0.2) is 24.6 Å². The number of carbonyl (C=O) groups is 2. The molecule has 1 fully saturated rings. The van der Waals surface area contributed by atoms with Gasteiger partial charge in [-0.1, -0.05) is 30.3 Å². The first-order valence-corrected chi connectivity index (χ1v) is 10.0. The summed E-state index contributed by atoms with van der Waals surface area (Å²) >= 11 is 0. The topological polar surface area (TPSA) is 55.8 Å². The molecule has 0 aliphatic heterocycles. The third-order valence-corrected chi connectivity index (χ3v) is 5.09. The molecule has 2 atom stereocenters. The highest BCUT2D eigenvalue weighted by molar-refractivity contribution is 5.89. The maximum atomic E-state index is 13.4.